The van der Waals surface area contributed by atoms with Gasteiger partial charge in [-0.25, -0.2) is 4.39 Å². The number of hydrogen-bond donors (Lipinski definition) is 1. The molecule has 19 heavy (non-hydrogen) atoms. The molecule has 1 saturated carbocycles. The molecule has 0 spiro atoms. The molecule has 0 saturated heterocycles. The number of halogens is 4. The maximum Gasteiger partial charge on any atom is 0.419 e. The number of alkyl halides is 3. The van der Waals surface area contributed by atoms with Gasteiger partial charge in [0.15, 0.2) is 0 Å². The first kappa shape index (κ1) is 14.3. The third kappa shape index (κ3) is 2.76. The van der Waals surface area contributed by atoms with Crippen molar-refractivity contribution in [2.24, 2.45) is 0 Å². The van der Waals surface area contributed by atoms with E-state index in [1.54, 1.807) is 0 Å². The molecule has 2 unspecified atom stereocenters. The largest absolute Gasteiger partial charge is 0.419 e. The Labute approximate surface area is 110 Å². The Morgan fingerprint density at radius 2 is 2.00 bits per heavy atom. The Balaban J connectivity index is 2.30. The highest BCUT2D eigenvalue weighted by atomic mass is 19.4. The van der Waals surface area contributed by atoms with Crippen molar-refractivity contribution in [2.75, 3.05) is 7.05 Å². The van der Waals surface area contributed by atoms with Gasteiger partial charge in [-0.05, 0) is 49.4 Å². The van der Waals surface area contributed by atoms with Gasteiger partial charge in [-0.3, -0.25) is 0 Å². The van der Waals surface area contributed by atoms with E-state index >= 15 is 0 Å². The summed E-state index contributed by atoms with van der Waals surface area (Å²) in [7, 11) is 1.86. The van der Waals surface area contributed by atoms with Crippen molar-refractivity contribution in [1.29, 1.82) is 0 Å². The van der Waals surface area contributed by atoms with Crippen molar-refractivity contribution in [2.45, 2.75) is 43.8 Å². The van der Waals surface area contributed by atoms with Crippen molar-refractivity contribution < 1.29 is 17.6 Å². The van der Waals surface area contributed by atoms with Crippen molar-refractivity contribution in [1.82, 2.24) is 5.32 Å². The second-order valence-electron chi connectivity index (χ2n) is 5.48. The summed E-state index contributed by atoms with van der Waals surface area (Å²) in [6, 6.07) is 3.64. The van der Waals surface area contributed by atoms with E-state index in [-0.39, 0.29) is 5.41 Å². The average molecular weight is 275 g/mol. The lowest BCUT2D eigenvalue weighted by atomic mass is 9.80. The molecule has 2 rings (SSSR count). The Hall–Kier alpha value is -1.10. The van der Waals surface area contributed by atoms with Crippen LogP contribution in [0.15, 0.2) is 18.2 Å². The molecule has 0 bridgehead atoms. The molecule has 106 valence electrons. The summed E-state index contributed by atoms with van der Waals surface area (Å²) >= 11 is 0. The van der Waals surface area contributed by atoms with E-state index in [9.17, 15) is 17.6 Å². The van der Waals surface area contributed by atoms with Crippen LogP contribution in [0.25, 0.3) is 0 Å². The van der Waals surface area contributed by atoms with Crippen LogP contribution in [0.5, 0.6) is 0 Å². The molecule has 1 aromatic rings. The standard InChI is InChI=1S/C14H17F4N/c1-13(6-5-10(8-13)19-2)9-3-4-11(12(15)7-9)14(16,17)18/h3-4,7,10,19H,5-6,8H2,1-2H3. The van der Waals surface area contributed by atoms with Crippen LogP contribution in [0.3, 0.4) is 0 Å². The molecule has 0 radical (unpaired) electrons. The Kier molecular flexibility index (Phi) is 3.60. The highest BCUT2D eigenvalue weighted by molar-refractivity contribution is 5.32. The van der Waals surface area contributed by atoms with E-state index in [0.717, 1.165) is 31.4 Å². The lowest BCUT2D eigenvalue weighted by molar-refractivity contribution is -0.140. The molecule has 1 fully saturated rings. The molecule has 0 amide bonds. The molecular weight excluding hydrogens is 258 g/mol. The van der Waals surface area contributed by atoms with Crippen molar-refractivity contribution in [3.63, 3.8) is 0 Å². The normalized spacial score (nSPS) is 27.8. The fraction of sp³-hybridized carbons (Fsp3) is 0.571. The first-order valence-electron chi connectivity index (χ1n) is 6.31. The average Bonchev–Trinajstić information content (AvgIpc) is 2.71. The second kappa shape index (κ2) is 4.78. The molecule has 2 atom stereocenters. The monoisotopic (exact) mass is 275 g/mol. The molecule has 1 N–H and O–H groups in total. The molecule has 0 aromatic heterocycles. The van der Waals surface area contributed by atoms with Gasteiger partial charge in [0.2, 0.25) is 0 Å². The van der Waals surface area contributed by atoms with Crippen LogP contribution in [-0.2, 0) is 11.6 Å². The topological polar surface area (TPSA) is 12.0 Å². The molecule has 1 aromatic carbocycles. The zero-order valence-electron chi connectivity index (χ0n) is 10.9. The van der Waals surface area contributed by atoms with E-state index in [1.165, 1.54) is 6.07 Å². The summed E-state index contributed by atoms with van der Waals surface area (Å²) < 4.78 is 51.2. The van der Waals surface area contributed by atoms with Gasteiger partial charge in [0, 0.05) is 6.04 Å². The Morgan fingerprint density at radius 1 is 1.32 bits per heavy atom. The highest BCUT2D eigenvalue weighted by Gasteiger charge is 2.38. The summed E-state index contributed by atoms with van der Waals surface area (Å²) in [5.41, 5.74) is -0.794. The van der Waals surface area contributed by atoms with Gasteiger partial charge in [0.25, 0.3) is 0 Å². The first-order chi connectivity index (χ1) is 8.76. The minimum absolute atomic E-state index is 0.251. The lowest BCUT2D eigenvalue weighted by Gasteiger charge is -2.25. The maximum absolute atomic E-state index is 13.6. The van der Waals surface area contributed by atoms with Gasteiger partial charge in [-0.15, -0.1) is 0 Å². The quantitative estimate of drug-likeness (QED) is 0.808. The molecular formula is C14H17F4N. The molecule has 1 aliphatic rings. The first-order valence-corrected chi connectivity index (χ1v) is 6.31. The lowest BCUT2D eigenvalue weighted by Crippen LogP contribution is -2.26. The molecule has 5 heteroatoms. The Morgan fingerprint density at radius 3 is 2.47 bits per heavy atom. The minimum Gasteiger partial charge on any atom is -0.317 e. The molecule has 1 nitrogen and oxygen atoms in total. The fourth-order valence-corrected chi connectivity index (χ4v) is 2.87. The third-order valence-electron chi connectivity index (χ3n) is 4.12. The maximum atomic E-state index is 13.6. The van der Waals surface area contributed by atoms with E-state index in [4.69, 9.17) is 0 Å². The predicted octanol–water partition coefficient (Wildman–Crippen LogP) is 3.87. The van der Waals surface area contributed by atoms with Crippen LogP contribution in [0.1, 0.15) is 37.3 Å². The smallest absolute Gasteiger partial charge is 0.317 e. The van der Waals surface area contributed by atoms with E-state index < -0.39 is 17.6 Å². The minimum atomic E-state index is -4.63. The Bertz CT molecular complexity index is 469. The van der Waals surface area contributed by atoms with Crippen molar-refractivity contribution in [3.05, 3.63) is 35.1 Å². The third-order valence-corrected chi connectivity index (χ3v) is 4.12. The molecule has 1 aliphatic carbocycles. The number of nitrogens with one attached hydrogen (secondary N) is 1. The predicted molar refractivity (Wildman–Crippen MR) is 65.5 cm³/mol. The molecule has 0 heterocycles. The van der Waals surface area contributed by atoms with Gasteiger partial charge < -0.3 is 5.32 Å². The fourth-order valence-electron chi connectivity index (χ4n) is 2.87. The van der Waals surface area contributed by atoms with Crippen molar-refractivity contribution in [3.8, 4) is 0 Å². The number of rotatable bonds is 2. The van der Waals surface area contributed by atoms with Gasteiger partial charge in [-0.2, -0.15) is 13.2 Å². The van der Waals surface area contributed by atoms with E-state index in [2.05, 4.69) is 5.32 Å². The SMILES string of the molecule is CNC1CCC(C)(c2ccc(C(F)(F)F)c(F)c2)C1. The van der Waals surface area contributed by atoms with Crippen LogP contribution >= 0.6 is 0 Å². The van der Waals surface area contributed by atoms with Crippen LogP contribution in [-0.4, -0.2) is 13.1 Å². The number of benzene rings is 1. The summed E-state index contributed by atoms with van der Waals surface area (Å²) in [6.07, 6.45) is -2.01. The second-order valence-corrected chi connectivity index (χ2v) is 5.48. The van der Waals surface area contributed by atoms with Crippen LogP contribution < -0.4 is 5.32 Å². The van der Waals surface area contributed by atoms with Gasteiger partial charge in [-0.1, -0.05) is 13.0 Å². The highest BCUT2D eigenvalue weighted by Crippen LogP contribution is 2.42. The van der Waals surface area contributed by atoms with Crippen LogP contribution in [0, 0.1) is 5.82 Å². The zero-order valence-corrected chi connectivity index (χ0v) is 10.9. The molecule has 0 aliphatic heterocycles. The summed E-state index contributed by atoms with van der Waals surface area (Å²) in [4.78, 5) is 0. The van der Waals surface area contributed by atoms with Crippen molar-refractivity contribution >= 4 is 0 Å². The zero-order chi connectivity index (χ0) is 14.3. The number of hydrogen-bond acceptors (Lipinski definition) is 1. The van der Waals surface area contributed by atoms with Crippen LogP contribution in [0.4, 0.5) is 17.6 Å². The van der Waals surface area contributed by atoms with Gasteiger partial charge in [0.1, 0.15) is 5.82 Å². The van der Waals surface area contributed by atoms with E-state index in [0.29, 0.717) is 11.6 Å². The van der Waals surface area contributed by atoms with Gasteiger partial charge in [0.05, 0.1) is 5.56 Å². The van der Waals surface area contributed by atoms with Gasteiger partial charge >= 0.3 is 6.18 Å². The summed E-state index contributed by atoms with van der Waals surface area (Å²) in [5, 5.41) is 3.17. The summed E-state index contributed by atoms with van der Waals surface area (Å²) in [6.45, 7) is 1.98. The summed E-state index contributed by atoms with van der Waals surface area (Å²) in [5.74, 6) is -1.18. The van der Waals surface area contributed by atoms with E-state index in [1.807, 2.05) is 14.0 Å². The van der Waals surface area contributed by atoms with Crippen LogP contribution in [0.2, 0.25) is 0 Å².